The standard InChI is InChI=1S/C16H22Cl2O2/c1-15(2)14(16(15,3)4)11(17)9-7-8-10(19-5)12(18)13(9)20-6/h7-8,11,14H,1-6H3. The number of halogens is 2. The first-order valence-corrected chi connectivity index (χ1v) is 7.56. The molecule has 0 amide bonds. The minimum Gasteiger partial charge on any atom is -0.495 e. The summed E-state index contributed by atoms with van der Waals surface area (Å²) in [7, 11) is 3.20. The van der Waals surface area contributed by atoms with Crippen molar-refractivity contribution in [3.63, 3.8) is 0 Å². The smallest absolute Gasteiger partial charge is 0.145 e. The lowest BCUT2D eigenvalue weighted by molar-refractivity contribution is 0.389. The highest BCUT2D eigenvalue weighted by atomic mass is 35.5. The van der Waals surface area contributed by atoms with Crippen LogP contribution in [0.15, 0.2) is 12.1 Å². The van der Waals surface area contributed by atoms with Crippen LogP contribution in [0.3, 0.4) is 0 Å². The molecule has 0 N–H and O–H groups in total. The van der Waals surface area contributed by atoms with Crippen LogP contribution in [-0.2, 0) is 0 Å². The Morgan fingerprint density at radius 3 is 2.00 bits per heavy atom. The van der Waals surface area contributed by atoms with Crippen LogP contribution in [0.1, 0.15) is 38.6 Å². The maximum atomic E-state index is 6.74. The SMILES string of the molecule is COc1ccc(C(Cl)C2C(C)(C)C2(C)C)c(OC)c1Cl. The second kappa shape index (κ2) is 4.99. The van der Waals surface area contributed by atoms with Gasteiger partial charge in [-0.2, -0.15) is 0 Å². The number of alkyl halides is 1. The second-order valence-corrected chi connectivity index (χ2v) is 7.38. The van der Waals surface area contributed by atoms with E-state index in [1.54, 1.807) is 14.2 Å². The first-order valence-electron chi connectivity index (χ1n) is 6.74. The lowest BCUT2D eigenvalue weighted by Gasteiger charge is -2.18. The van der Waals surface area contributed by atoms with Crippen molar-refractivity contribution in [1.82, 2.24) is 0 Å². The molecule has 1 atom stereocenters. The van der Waals surface area contributed by atoms with Crippen LogP contribution in [0.2, 0.25) is 5.02 Å². The first-order chi connectivity index (χ1) is 9.20. The van der Waals surface area contributed by atoms with Gasteiger partial charge < -0.3 is 9.47 Å². The summed E-state index contributed by atoms with van der Waals surface area (Å²) in [6, 6.07) is 3.80. The van der Waals surface area contributed by atoms with Crippen molar-refractivity contribution < 1.29 is 9.47 Å². The van der Waals surface area contributed by atoms with Crippen LogP contribution in [0, 0.1) is 16.7 Å². The molecule has 0 radical (unpaired) electrons. The molecule has 0 spiro atoms. The average molecular weight is 317 g/mol. The fraction of sp³-hybridized carbons (Fsp3) is 0.625. The van der Waals surface area contributed by atoms with Gasteiger partial charge in [0.1, 0.15) is 16.5 Å². The Hall–Kier alpha value is -0.600. The summed E-state index contributed by atoms with van der Waals surface area (Å²) < 4.78 is 10.7. The van der Waals surface area contributed by atoms with E-state index in [9.17, 15) is 0 Å². The largest absolute Gasteiger partial charge is 0.495 e. The Kier molecular flexibility index (Phi) is 3.94. The fourth-order valence-electron chi connectivity index (χ4n) is 3.29. The number of hydrogen-bond acceptors (Lipinski definition) is 2. The van der Waals surface area contributed by atoms with E-state index < -0.39 is 0 Å². The van der Waals surface area contributed by atoms with Crippen LogP contribution in [-0.4, -0.2) is 14.2 Å². The van der Waals surface area contributed by atoms with Crippen molar-refractivity contribution in [2.45, 2.75) is 33.1 Å². The van der Waals surface area contributed by atoms with E-state index in [1.165, 1.54) is 0 Å². The number of methoxy groups -OCH3 is 2. The Morgan fingerprint density at radius 2 is 1.60 bits per heavy atom. The Balaban J connectivity index is 2.42. The van der Waals surface area contributed by atoms with Crippen LogP contribution in [0.25, 0.3) is 0 Å². The van der Waals surface area contributed by atoms with Gasteiger partial charge in [-0.05, 0) is 22.8 Å². The van der Waals surface area contributed by atoms with Gasteiger partial charge >= 0.3 is 0 Å². The summed E-state index contributed by atoms with van der Waals surface area (Å²) in [6.07, 6.45) is 0. The van der Waals surface area contributed by atoms with E-state index in [2.05, 4.69) is 27.7 Å². The lowest BCUT2D eigenvalue weighted by atomic mass is 10.0. The van der Waals surface area contributed by atoms with Crippen LogP contribution in [0.5, 0.6) is 11.5 Å². The van der Waals surface area contributed by atoms with E-state index in [1.807, 2.05) is 12.1 Å². The molecule has 0 bridgehead atoms. The van der Waals surface area contributed by atoms with Gasteiger partial charge in [-0.3, -0.25) is 0 Å². The van der Waals surface area contributed by atoms with E-state index in [-0.39, 0.29) is 16.2 Å². The first kappa shape index (κ1) is 15.8. The molecule has 20 heavy (non-hydrogen) atoms. The number of ether oxygens (including phenoxy) is 2. The molecule has 112 valence electrons. The third-order valence-corrected chi connectivity index (χ3v) is 6.08. The van der Waals surface area contributed by atoms with Crippen molar-refractivity contribution in [2.75, 3.05) is 14.2 Å². The van der Waals surface area contributed by atoms with Gasteiger partial charge in [0.15, 0.2) is 0 Å². The molecule has 0 saturated heterocycles. The molecular formula is C16H22Cl2O2. The van der Waals surface area contributed by atoms with Crippen LogP contribution < -0.4 is 9.47 Å². The fourth-order valence-corrected chi connectivity index (χ4v) is 4.42. The normalized spacial score (nSPS) is 21.4. The molecule has 1 aromatic carbocycles. The van der Waals surface area contributed by atoms with Gasteiger partial charge in [-0.1, -0.05) is 45.4 Å². The number of benzene rings is 1. The van der Waals surface area contributed by atoms with Crippen molar-refractivity contribution in [3.8, 4) is 11.5 Å². The van der Waals surface area contributed by atoms with Gasteiger partial charge in [0.2, 0.25) is 0 Å². The summed E-state index contributed by atoms with van der Waals surface area (Å²) in [5, 5.41) is 0.354. The number of hydrogen-bond donors (Lipinski definition) is 0. The quantitative estimate of drug-likeness (QED) is 0.700. The monoisotopic (exact) mass is 316 g/mol. The molecule has 0 aromatic heterocycles. The third kappa shape index (κ3) is 2.08. The van der Waals surface area contributed by atoms with Crippen molar-refractivity contribution in [2.24, 2.45) is 16.7 Å². The Labute approximate surface area is 131 Å². The molecule has 1 aliphatic rings. The Morgan fingerprint density at radius 1 is 1.05 bits per heavy atom. The highest BCUT2D eigenvalue weighted by molar-refractivity contribution is 6.34. The summed E-state index contributed by atoms with van der Waals surface area (Å²) in [4.78, 5) is 0. The van der Waals surface area contributed by atoms with Crippen molar-refractivity contribution in [3.05, 3.63) is 22.7 Å². The summed E-state index contributed by atoms with van der Waals surface area (Å²) in [6.45, 7) is 9.02. The summed E-state index contributed by atoms with van der Waals surface area (Å²) in [5.74, 6) is 1.60. The maximum Gasteiger partial charge on any atom is 0.145 e. The molecule has 1 aromatic rings. The van der Waals surface area contributed by atoms with Crippen LogP contribution >= 0.6 is 23.2 Å². The highest BCUT2D eigenvalue weighted by Crippen LogP contribution is 2.74. The molecule has 1 aliphatic carbocycles. The minimum atomic E-state index is -0.127. The second-order valence-electron chi connectivity index (χ2n) is 6.53. The summed E-state index contributed by atoms with van der Waals surface area (Å²) >= 11 is 13.1. The van der Waals surface area contributed by atoms with Gasteiger partial charge in [0, 0.05) is 5.56 Å². The third-order valence-electron chi connectivity index (χ3n) is 5.24. The van der Waals surface area contributed by atoms with E-state index in [0.717, 1.165) is 5.56 Å². The molecule has 4 heteroatoms. The predicted molar refractivity (Wildman–Crippen MR) is 84.2 cm³/mol. The molecule has 1 fully saturated rings. The van der Waals surface area contributed by atoms with Crippen molar-refractivity contribution >= 4 is 23.2 Å². The molecule has 1 unspecified atom stereocenters. The molecule has 2 nitrogen and oxygen atoms in total. The molecular weight excluding hydrogens is 295 g/mol. The lowest BCUT2D eigenvalue weighted by Crippen LogP contribution is -2.03. The zero-order valence-electron chi connectivity index (χ0n) is 12.9. The van der Waals surface area contributed by atoms with E-state index in [4.69, 9.17) is 32.7 Å². The highest BCUT2D eigenvalue weighted by Gasteiger charge is 2.67. The molecule has 0 aliphatic heterocycles. The topological polar surface area (TPSA) is 18.5 Å². The van der Waals surface area contributed by atoms with Crippen LogP contribution in [0.4, 0.5) is 0 Å². The summed E-state index contributed by atoms with van der Waals surface area (Å²) in [5.41, 5.74) is 1.34. The number of rotatable bonds is 4. The Bertz CT molecular complexity index is 509. The molecule has 0 heterocycles. The van der Waals surface area contributed by atoms with Gasteiger partial charge in [-0.15, -0.1) is 11.6 Å². The zero-order chi connectivity index (χ0) is 15.3. The molecule has 2 rings (SSSR count). The van der Waals surface area contributed by atoms with Gasteiger partial charge in [0.25, 0.3) is 0 Å². The maximum absolute atomic E-state index is 6.74. The molecule has 1 saturated carbocycles. The average Bonchev–Trinajstić information content (AvgIpc) is 2.78. The van der Waals surface area contributed by atoms with Gasteiger partial charge in [-0.25, -0.2) is 0 Å². The van der Waals surface area contributed by atoms with E-state index in [0.29, 0.717) is 22.4 Å². The van der Waals surface area contributed by atoms with E-state index >= 15 is 0 Å². The predicted octanol–water partition coefficient (Wildman–Crippen LogP) is 5.32. The zero-order valence-corrected chi connectivity index (χ0v) is 14.4. The van der Waals surface area contributed by atoms with Gasteiger partial charge in [0.05, 0.1) is 19.6 Å². The van der Waals surface area contributed by atoms with Crippen molar-refractivity contribution in [1.29, 1.82) is 0 Å². The minimum absolute atomic E-state index is 0.127.